The van der Waals surface area contributed by atoms with E-state index in [-0.39, 0.29) is 24.5 Å². The molecule has 2 aromatic carbocycles. The second kappa shape index (κ2) is 9.28. The number of hydrogen-bond acceptors (Lipinski definition) is 6. The summed E-state index contributed by atoms with van der Waals surface area (Å²) < 4.78 is 16.3. The van der Waals surface area contributed by atoms with Gasteiger partial charge in [0.25, 0.3) is 11.7 Å². The first-order chi connectivity index (χ1) is 15.5. The highest BCUT2D eigenvalue weighted by Crippen LogP contribution is 2.40. The maximum absolute atomic E-state index is 13.0. The van der Waals surface area contributed by atoms with Crippen LogP contribution in [0.15, 0.2) is 60.7 Å². The van der Waals surface area contributed by atoms with Crippen molar-refractivity contribution in [3.8, 4) is 11.5 Å². The van der Waals surface area contributed by atoms with Gasteiger partial charge in [0.2, 0.25) is 0 Å². The van der Waals surface area contributed by atoms with Crippen LogP contribution < -0.4 is 9.47 Å². The van der Waals surface area contributed by atoms with E-state index in [0.29, 0.717) is 30.1 Å². The van der Waals surface area contributed by atoms with Gasteiger partial charge in [-0.25, -0.2) is 0 Å². The number of methoxy groups -OCH3 is 1. The van der Waals surface area contributed by atoms with Gasteiger partial charge in [0.05, 0.1) is 24.8 Å². The maximum Gasteiger partial charge on any atom is 0.295 e. The van der Waals surface area contributed by atoms with Gasteiger partial charge in [0.1, 0.15) is 23.9 Å². The van der Waals surface area contributed by atoms with E-state index in [1.807, 2.05) is 0 Å². The van der Waals surface area contributed by atoms with Gasteiger partial charge in [-0.05, 0) is 41.5 Å². The number of aliphatic hydroxyl groups is 1. The number of aliphatic hydroxyl groups excluding tert-OH is 1. The van der Waals surface area contributed by atoms with E-state index in [0.717, 1.165) is 17.7 Å². The summed E-state index contributed by atoms with van der Waals surface area (Å²) in [4.78, 5) is 27.4. The fraction of sp³-hybridized carbons (Fsp3) is 0.280. The SMILES string of the molecule is C=CCOc1cccc(C2/C(=C(/O)c3ccc4c(c3)CCO4)C(=O)C(=O)N2CCOC)c1. The molecular weight excluding hydrogens is 410 g/mol. The van der Waals surface area contributed by atoms with Gasteiger partial charge < -0.3 is 24.2 Å². The maximum atomic E-state index is 13.0. The van der Waals surface area contributed by atoms with Crippen molar-refractivity contribution in [1.82, 2.24) is 4.90 Å². The van der Waals surface area contributed by atoms with Crippen LogP contribution in [0.2, 0.25) is 0 Å². The summed E-state index contributed by atoms with van der Waals surface area (Å²) in [6, 6.07) is 11.7. The molecule has 1 fully saturated rings. The van der Waals surface area contributed by atoms with Crippen molar-refractivity contribution < 1.29 is 28.9 Å². The van der Waals surface area contributed by atoms with Crippen LogP contribution in [0.1, 0.15) is 22.7 Å². The Kier molecular flexibility index (Phi) is 6.28. The minimum atomic E-state index is -0.762. The second-order valence-electron chi connectivity index (χ2n) is 7.58. The molecule has 0 saturated carbocycles. The van der Waals surface area contributed by atoms with Crippen molar-refractivity contribution in [2.45, 2.75) is 12.5 Å². The Morgan fingerprint density at radius 2 is 2.12 bits per heavy atom. The first-order valence-electron chi connectivity index (χ1n) is 10.4. The number of benzene rings is 2. The van der Waals surface area contributed by atoms with E-state index in [1.165, 1.54) is 12.0 Å². The highest BCUT2D eigenvalue weighted by Gasteiger charge is 2.46. The van der Waals surface area contributed by atoms with Crippen molar-refractivity contribution in [3.05, 3.63) is 77.4 Å². The van der Waals surface area contributed by atoms with E-state index in [9.17, 15) is 14.7 Å². The van der Waals surface area contributed by atoms with Crippen LogP contribution in [0.3, 0.4) is 0 Å². The highest BCUT2D eigenvalue weighted by molar-refractivity contribution is 6.46. The summed E-state index contributed by atoms with van der Waals surface area (Å²) in [6.45, 7) is 5.02. The lowest BCUT2D eigenvalue weighted by molar-refractivity contribution is -0.140. The smallest absolute Gasteiger partial charge is 0.295 e. The third kappa shape index (κ3) is 3.99. The normalized spacial score (nSPS) is 19.0. The largest absolute Gasteiger partial charge is 0.507 e. The Balaban J connectivity index is 1.81. The molecule has 166 valence electrons. The summed E-state index contributed by atoms with van der Waals surface area (Å²) >= 11 is 0. The number of fused-ring (bicyclic) bond motifs is 1. The third-order valence-electron chi connectivity index (χ3n) is 5.58. The lowest BCUT2D eigenvalue weighted by Gasteiger charge is -2.25. The van der Waals surface area contributed by atoms with Gasteiger partial charge in [-0.15, -0.1) is 0 Å². The van der Waals surface area contributed by atoms with Crippen molar-refractivity contribution in [2.24, 2.45) is 0 Å². The predicted molar refractivity (Wildman–Crippen MR) is 119 cm³/mol. The van der Waals surface area contributed by atoms with Crippen molar-refractivity contribution in [3.63, 3.8) is 0 Å². The quantitative estimate of drug-likeness (QED) is 0.297. The monoisotopic (exact) mass is 435 g/mol. The number of likely N-dealkylation sites (tertiary alicyclic amines) is 1. The average Bonchev–Trinajstić information content (AvgIpc) is 3.38. The molecule has 7 nitrogen and oxygen atoms in total. The predicted octanol–water partition coefficient (Wildman–Crippen LogP) is 3.25. The van der Waals surface area contributed by atoms with Gasteiger partial charge in [0, 0.05) is 25.6 Å². The molecule has 0 aliphatic carbocycles. The van der Waals surface area contributed by atoms with Gasteiger partial charge in [-0.1, -0.05) is 24.8 Å². The first-order valence-corrected chi connectivity index (χ1v) is 10.4. The Bertz CT molecular complexity index is 1090. The van der Waals surface area contributed by atoms with Gasteiger partial charge in [-0.2, -0.15) is 0 Å². The number of carbonyl (C=O) groups excluding carboxylic acids is 2. The number of carbonyl (C=O) groups is 2. The number of ether oxygens (including phenoxy) is 3. The molecule has 2 heterocycles. The van der Waals surface area contributed by atoms with Crippen LogP contribution in [0.5, 0.6) is 11.5 Å². The minimum Gasteiger partial charge on any atom is -0.507 e. The fourth-order valence-electron chi connectivity index (χ4n) is 4.07. The number of Topliss-reactive ketones (excluding diaryl/α,β-unsaturated/α-hetero) is 1. The van der Waals surface area contributed by atoms with Gasteiger partial charge in [-0.3, -0.25) is 9.59 Å². The first kappa shape index (κ1) is 21.6. The number of amides is 1. The minimum absolute atomic E-state index is 0.0471. The van der Waals surface area contributed by atoms with Crippen molar-refractivity contribution in [1.29, 1.82) is 0 Å². The molecular formula is C25H25NO6. The molecule has 0 radical (unpaired) electrons. The average molecular weight is 435 g/mol. The van der Waals surface area contributed by atoms with Crippen molar-refractivity contribution in [2.75, 3.05) is 33.5 Å². The number of hydrogen-bond donors (Lipinski definition) is 1. The highest BCUT2D eigenvalue weighted by atomic mass is 16.5. The summed E-state index contributed by atoms with van der Waals surface area (Å²) in [5.74, 6) is -0.256. The Morgan fingerprint density at radius 1 is 1.28 bits per heavy atom. The molecule has 1 amide bonds. The summed E-state index contributed by atoms with van der Waals surface area (Å²) in [6.07, 6.45) is 2.36. The van der Waals surface area contributed by atoms with E-state index >= 15 is 0 Å². The molecule has 1 N–H and O–H groups in total. The Hall–Kier alpha value is -3.58. The summed E-state index contributed by atoms with van der Waals surface area (Å²) in [7, 11) is 1.53. The zero-order valence-electron chi connectivity index (χ0n) is 17.9. The van der Waals surface area contributed by atoms with Gasteiger partial charge in [0.15, 0.2) is 0 Å². The third-order valence-corrected chi connectivity index (χ3v) is 5.58. The molecule has 0 bridgehead atoms. The fourth-order valence-corrected chi connectivity index (χ4v) is 4.07. The lowest BCUT2D eigenvalue weighted by Crippen LogP contribution is -2.32. The molecule has 0 aromatic heterocycles. The number of rotatable bonds is 8. The van der Waals surface area contributed by atoms with E-state index in [4.69, 9.17) is 14.2 Å². The molecule has 0 spiro atoms. The number of nitrogens with zero attached hydrogens (tertiary/aromatic N) is 1. The van der Waals surface area contributed by atoms with Crippen LogP contribution in [0.4, 0.5) is 0 Å². The molecule has 2 aromatic rings. The van der Waals surface area contributed by atoms with E-state index in [2.05, 4.69) is 6.58 Å². The van der Waals surface area contributed by atoms with Crippen LogP contribution in [-0.2, 0) is 20.7 Å². The molecule has 2 aliphatic rings. The topological polar surface area (TPSA) is 85.3 Å². The zero-order valence-corrected chi connectivity index (χ0v) is 17.9. The zero-order chi connectivity index (χ0) is 22.7. The number of ketones is 1. The second-order valence-corrected chi connectivity index (χ2v) is 7.58. The van der Waals surface area contributed by atoms with Crippen LogP contribution >= 0.6 is 0 Å². The standard InChI is InChI=1S/C25H25NO6/c1-3-11-31-19-6-4-5-17(15-19)22-21(24(28)25(29)26(22)10-13-30-2)23(27)18-7-8-20-16(14-18)9-12-32-20/h3-8,14-15,22,27H,1,9-13H2,2H3/b23-21-. The molecule has 1 unspecified atom stereocenters. The lowest BCUT2D eigenvalue weighted by atomic mass is 9.94. The summed E-state index contributed by atoms with van der Waals surface area (Å²) in [5.41, 5.74) is 2.14. The molecule has 4 rings (SSSR count). The van der Waals surface area contributed by atoms with E-state index < -0.39 is 17.7 Å². The van der Waals surface area contributed by atoms with Gasteiger partial charge >= 0.3 is 0 Å². The Labute approximate surface area is 186 Å². The molecule has 32 heavy (non-hydrogen) atoms. The summed E-state index contributed by atoms with van der Waals surface area (Å²) in [5, 5.41) is 11.2. The Morgan fingerprint density at radius 3 is 2.91 bits per heavy atom. The van der Waals surface area contributed by atoms with Crippen molar-refractivity contribution >= 4 is 17.4 Å². The van der Waals surface area contributed by atoms with Crippen LogP contribution in [0.25, 0.3) is 5.76 Å². The van der Waals surface area contributed by atoms with Crippen LogP contribution in [-0.4, -0.2) is 55.2 Å². The molecule has 7 heteroatoms. The molecule has 1 atom stereocenters. The molecule has 2 aliphatic heterocycles. The van der Waals surface area contributed by atoms with E-state index in [1.54, 1.807) is 48.5 Å². The molecule has 1 saturated heterocycles. The van der Waals surface area contributed by atoms with Crippen LogP contribution in [0, 0.1) is 0 Å².